The summed E-state index contributed by atoms with van der Waals surface area (Å²) in [5, 5.41) is 8.71. The van der Waals surface area contributed by atoms with Crippen LogP contribution >= 0.6 is 0 Å². The molecule has 68 valence electrons. The highest BCUT2D eigenvalue weighted by Gasteiger charge is 2.16. The van der Waals surface area contributed by atoms with E-state index in [1.54, 1.807) is 0 Å². The van der Waals surface area contributed by atoms with Crippen molar-refractivity contribution in [2.75, 3.05) is 0 Å². The van der Waals surface area contributed by atoms with Gasteiger partial charge < -0.3 is 5.11 Å². The average molecular weight is 162 g/mol. The highest BCUT2D eigenvalue weighted by molar-refractivity contribution is 4.56. The third-order valence-corrected chi connectivity index (χ3v) is 1.74. The third-order valence-electron chi connectivity index (χ3n) is 1.74. The first-order valence-corrected chi connectivity index (χ1v) is 4.47. The molecule has 0 aromatic rings. The monoisotopic (exact) mass is 162 g/mol. The lowest BCUT2D eigenvalue weighted by Crippen LogP contribution is -2.15. The zero-order valence-electron chi connectivity index (χ0n) is 7.57. The summed E-state index contributed by atoms with van der Waals surface area (Å²) < 4.78 is 12.5. The standard InChI is InChI=1S/C9H19FO/c1-3-4-5-6-7-8-9(2,10)11/h11H,3-8H2,1-2H3. The Balaban J connectivity index is 3.02. The summed E-state index contributed by atoms with van der Waals surface area (Å²) in [6.07, 6.45) is 5.68. The number of aliphatic hydroxyl groups is 1. The topological polar surface area (TPSA) is 20.2 Å². The molecular weight excluding hydrogens is 143 g/mol. The molecule has 1 unspecified atom stereocenters. The number of rotatable bonds is 6. The highest BCUT2D eigenvalue weighted by Crippen LogP contribution is 2.15. The highest BCUT2D eigenvalue weighted by atomic mass is 19.2. The Morgan fingerprint density at radius 3 is 2.18 bits per heavy atom. The Hall–Kier alpha value is -0.110. The SMILES string of the molecule is CCCCCCCC(C)(O)F. The molecule has 1 atom stereocenters. The quantitative estimate of drug-likeness (QED) is 0.595. The minimum atomic E-state index is -1.95. The lowest BCUT2D eigenvalue weighted by molar-refractivity contribution is -0.0780. The van der Waals surface area contributed by atoms with Crippen LogP contribution < -0.4 is 0 Å². The second-order valence-electron chi connectivity index (χ2n) is 3.31. The minimum absolute atomic E-state index is 0.275. The zero-order chi connectivity index (χ0) is 8.74. The van der Waals surface area contributed by atoms with E-state index in [1.165, 1.54) is 19.8 Å². The van der Waals surface area contributed by atoms with E-state index in [0.29, 0.717) is 0 Å². The smallest absolute Gasteiger partial charge is 0.203 e. The van der Waals surface area contributed by atoms with E-state index in [1.807, 2.05) is 0 Å². The second kappa shape index (κ2) is 5.53. The maximum Gasteiger partial charge on any atom is 0.203 e. The van der Waals surface area contributed by atoms with Crippen molar-refractivity contribution in [3.05, 3.63) is 0 Å². The van der Waals surface area contributed by atoms with Crippen LogP contribution in [0.2, 0.25) is 0 Å². The number of alkyl halides is 1. The fourth-order valence-electron chi connectivity index (χ4n) is 1.05. The molecule has 0 rings (SSSR count). The Labute approximate surface area is 68.6 Å². The lowest BCUT2D eigenvalue weighted by Gasteiger charge is -2.11. The molecule has 1 nitrogen and oxygen atoms in total. The molecule has 0 aliphatic carbocycles. The van der Waals surface area contributed by atoms with Gasteiger partial charge in [-0.3, -0.25) is 0 Å². The maximum absolute atomic E-state index is 12.5. The summed E-state index contributed by atoms with van der Waals surface area (Å²) >= 11 is 0. The largest absolute Gasteiger partial charge is 0.362 e. The van der Waals surface area contributed by atoms with E-state index in [2.05, 4.69) is 6.92 Å². The van der Waals surface area contributed by atoms with Crippen LogP contribution in [0.3, 0.4) is 0 Å². The van der Waals surface area contributed by atoms with E-state index < -0.39 is 5.85 Å². The van der Waals surface area contributed by atoms with Gasteiger partial charge in [-0.1, -0.05) is 32.6 Å². The summed E-state index contributed by atoms with van der Waals surface area (Å²) in [5.74, 6) is -1.95. The number of unbranched alkanes of at least 4 members (excludes halogenated alkanes) is 4. The minimum Gasteiger partial charge on any atom is -0.362 e. The first kappa shape index (κ1) is 10.9. The number of halogens is 1. The van der Waals surface area contributed by atoms with Gasteiger partial charge in [0.25, 0.3) is 0 Å². The molecule has 1 N–H and O–H groups in total. The molecule has 0 amide bonds. The van der Waals surface area contributed by atoms with Gasteiger partial charge >= 0.3 is 0 Å². The van der Waals surface area contributed by atoms with Crippen molar-refractivity contribution in [2.24, 2.45) is 0 Å². The fraction of sp³-hybridized carbons (Fsp3) is 1.00. The van der Waals surface area contributed by atoms with Crippen LogP contribution in [0.5, 0.6) is 0 Å². The van der Waals surface area contributed by atoms with Gasteiger partial charge in [0, 0.05) is 6.42 Å². The molecular formula is C9H19FO. The van der Waals surface area contributed by atoms with Crippen molar-refractivity contribution >= 4 is 0 Å². The van der Waals surface area contributed by atoms with Crippen LogP contribution in [0.25, 0.3) is 0 Å². The summed E-state index contributed by atoms with van der Waals surface area (Å²) in [5.41, 5.74) is 0. The molecule has 11 heavy (non-hydrogen) atoms. The van der Waals surface area contributed by atoms with E-state index in [0.717, 1.165) is 19.3 Å². The van der Waals surface area contributed by atoms with Gasteiger partial charge in [0.05, 0.1) is 0 Å². The zero-order valence-corrected chi connectivity index (χ0v) is 7.57. The van der Waals surface area contributed by atoms with Gasteiger partial charge in [-0.2, -0.15) is 0 Å². The van der Waals surface area contributed by atoms with E-state index >= 15 is 0 Å². The van der Waals surface area contributed by atoms with Crippen molar-refractivity contribution in [1.82, 2.24) is 0 Å². The number of hydrogen-bond acceptors (Lipinski definition) is 1. The molecule has 2 heteroatoms. The van der Waals surface area contributed by atoms with Crippen LogP contribution in [0.4, 0.5) is 4.39 Å². The molecule has 0 aliphatic rings. The van der Waals surface area contributed by atoms with Crippen LogP contribution in [0, 0.1) is 0 Å². The summed E-state index contributed by atoms with van der Waals surface area (Å²) in [4.78, 5) is 0. The molecule has 0 spiro atoms. The van der Waals surface area contributed by atoms with E-state index in [-0.39, 0.29) is 6.42 Å². The molecule has 0 radical (unpaired) electrons. The van der Waals surface area contributed by atoms with E-state index in [9.17, 15) is 4.39 Å². The van der Waals surface area contributed by atoms with Crippen molar-refractivity contribution < 1.29 is 9.50 Å². The fourth-order valence-corrected chi connectivity index (χ4v) is 1.05. The van der Waals surface area contributed by atoms with Crippen molar-refractivity contribution in [2.45, 2.75) is 58.2 Å². The second-order valence-corrected chi connectivity index (χ2v) is 3.31. The molecule has 0 bridgehead atoms. The van der Waals surface area contributed by atoms with Crippen LogP contribution in [0.1, 0.15) is 52.4 Å². The van der Waals surface area contributed by atoms with Crippen LogP contribution in [0.15, 0.2) is 0 Å². The Bertz CT molecular complexity index is 86.1. The lowest BCUT2D eigenvalue weighted by atomic mass is 10.1. The molecule has 0 saturated carbocycles. The molecule has 0 saturated heterocycles. The molecule has 0 aromatic carbocycles. The first-order valence-electron chi connectivity index (χ1n) is 4.47. The van der Waals surface area contributed by atoms with Gasteiger partial charge in [-0.15, -0.1) is 0 Å². The summed E-state index contributed by atoms with van der Waals surface area (Å²) in [6.45, 7) is 3.36. The molecule has 0 aliphatic heterocycles. The van der Waals surface area contributed by atoms with Gasteiger partial charge in [0.2, 0.25) is 5.85 Å². The van der Waals surface area contributed by atoms with Crippen molar-refractivity contribution in [1.29, 1.82) is 0 Å². The van der Waals surface area contributed by atoms with Crippen LogP contribution in [-0.2, 0) is 0 Å². The predicted molar refractivity (Wildman–Crippen MR) is 45.1 cm³/mol. The normalized spacial score (nSPS) is 16.4. The van der Waals surface area contributed by atoms with Crippen LogP contribution in [-0.4, -0.2) is 11.0 Å². The molecule has 0 fully saturated rings. The number of hydrogen-bond donors (Lipinski definition) is 1. The van der Waals surface area contributed by atoms with Gasteiger partial charge in [0.1, 0.15) is 0 Å². The maximum atomic E-state index is 12.5. The average Bonchev–Trinajstić information content (AvgIpc) is 1.85. The Morgan fingerprint density at radius 2 is 1.73 bits per heavy atom. The van der Waals surface area contributed by atoms with Crippen molar-refractivity contribution in [3.8, 4) is 0 Å². The molecule has 0 heterocycles. The summed E-state index contributed by atoms with van der Waals surface area (Å²) in [6, 6.07) is 0. The van der Waals surface area contributed by atoms with Crippen molar-refractivity contribution in [3.63, 3.8) is 0 Å². The molecule has 0 aromatic heterocycles. The summed E-state index contributed by atoms with van der Waals surface area (Å²) in [7, 11) is 0. The third kappa shape index (κ3) is 9.89. The Morgan fingerprint density at radius 1 is 1.18 bits per heavy atom. The first-order chi connectivity index (χ1) is 5.06. The van der Waals surface area contributed by atoms with E-state index in [4.69, 9.17) is 5.11 Å². The van der Waals surface area contributed by atoms with Gasteiger partial charge in [0.15, 0.2) is 0 Å². The Kier molecular flexibility index (Phi) is 5.47. The van der Waals surface area contributed by atoms with Gasteiger partial charge in [-0.05, 0) is 13.3 Å². The van der Waals surface area contributed by atoms with Gasteiger partial charge in [-0.25, -0.2) is 4.39 Å². The predicted octanol–water partition coefficient (Wildman–Crippen LogP) is 3.02.